The molecule has 1 atom stereocenters. The third-order valence-electron chi connectivity index (χ3n) is 6.27. The fourth-order valence-electron chi connectivity index (χ4n) is 4.43. The van der Waals surface area contributed by atoms with Gasteiger partial charge in [0.1, 0.15) is 6.04 Å². The van der Waals surface area contributed by atoms with Gasteiger partial charge in [-0.1, -0.05) is 24.3 Å². The molecule has 2 aliphatic heterocycles. The van der Waals surface area contributed by atoms with Crippen LogP contribution >= 0.6 is 0 Å². The van der Waals surface area contributed by atoms with Crippen molar-refractivity contribution in [3.05, 3.63) is 66.0 Å². The molecule has 0 aliphatic carbocycles. The van der Waals surface area contributed by atoms with Gasteiger partial charge in [-0.25, -0.2) is 0 Å². The molecule has 3 heterocycles. The molecule has 29 heavy (non-hydrogen) atoms. The fraction of sp³-hybridized carbons (Fsp3) is 0.435. The van der Waals surface area contributed by atoms with E-state index in [1.165, 1.54) is 6.42 Å². The molecule has 1 aromatic carbocycles. The van der Waals surface area contributed by atoms with E-state index in [1.807, 2.05) is 35.2 Å². The molecular formula is C23H28N4O2. The van der Waals surface area contributed by atoms with E-state index in [2.05, 4.69) is 15.6 Å². The second-order valence-corrected chi connectivity index (χ2v) is 8.21. The minimum atomic E-state index is -0.595. The van der Waals surface area contributed by atoms with E-state index < -0.39 is 6.04 Å². The molecule has 0 bridgehead atoms. The van der Waals surface area contributed by atoms with Crippen LogP contribution in [0.15, 0.2) is 54.9 Å². The zero-order valence-electron chi connectivity index (χ0n) is 16.6. The number of carbonyl (C=O) groups excluding carboxylic acids is 2. The average Bonchev–Trinajstić information content (AvgIpc) is 3.22. The van der Waals surface area contributed by atoms with Crippen LogP contribution in [0.4, 0.5) is 0 Å². The van der Waals surface area contributed by atoms with E-state index in [1.54, 1.807) is 24.5 Å². The van der Waals surface area contributed by atoms with Crippen molar-refractivity contribution in [1.82, 2.24) is 20.5 Å². The topological polar surface area (TPSA) is 74.3 Å². The maximum Gasteiger partial charge on any atom is 0.251 e. The molecule has 1 aromatic heterocycles. The zero-order chi connectivity index (χ0) is 20.1. The van der Waals surface area contributed by atoms with E-state index in [0.29, 0.717) is 17.4 Å². The third-order valence-corrected chi connectivity index (χ3v) is 6.27. The van der Waals surface area contributed by atoms with Gasteiger partial charge in [0.15, 0.2) is 0 Å². The van der Waals surface area contributed by atoms with Crippen molar-refractivity contribution in [2.45, 2.75) is 31.7 Å². The Kier molecular flexibility index (Phi) is 5.90. The van der Waals surface area contributed by atoms with E-state index in [9.17, 15) is 9.59 Å². The van der Waals surface area contributed by atoms with Crippen LogP contribution in [0.3, 0.4) is 0 Å². The number of nitrogens with one attached hydrogen (secondary N) is 2. The summed E-state index contributed by atoms with van der Waals surface area (Å²) in [6.07, 6.45) is 7.15. The van der Waals surface area contributed by atoms with Gasteiger partial charge in [-0.3, -0.25) is 14.6 Å². The van der Waals surface area contributed by atoms with Crippen molar-refractivity contribution in [2.24, 2.45) is 5.41 Å². The van der Waals surface area contributed by atoms with Gasteiger partial charge in [-0.2, -0.15) is 0 Å². The molecule has 0 radical (unpaired) electrons. The number of hydrogen-bond donors (Lipinski definition) is 2. The van der Waals surface area contributed by atoms with Gasteiger partial charge in [0, 0.05) is 44.0 Å². The number of piperidine rings is 1. The van der Waals surface area contributed by atoms with Gasteiger partial charge in [0.25, 0.3) is 5.91 Å². The Morgan fingerprint density at radius 1 is 1.10 bits per heavy atom. The number of amides is 2. The standard InChI is InChI=1S/C23H28N4O2/c28-21(19-6-2-1-3-7-19)26-20(15-18-5-4-11-24-16-18)22(29)27-13-9-23(10-14-27)8-12-25-17-23/h1-7,11,16,20,25H,8-10,12-15,17H2,(H,26,28). The zero-order valence-corrected chi connectivity index (χ0v) is 16.6. The van der Waals surface area contributed by atoms with Crippen LogP contribution in [0.1, 0.15) is 35.2 Å². The summed E-state index contributed by atoms with van der Waals surface area (Å²) in [6, 6.07) is 12.3. The highest BCUT2D eigenvalue weighted by molar-refractivity contribution is 5.97. The summed E-state index contributed by atoms with van der Waals surface area (Å²) < 4.78 is 0. The summed E-state index contributed by atoms with van der Waals surface area (Å²) in [7, 11) is 0. The van der Waals surface area contributed by atoms with Crippen molar-refractivity contribution >= 4 is 11.8 Å². The molecule has 6 nitrogen and oxygen atoms in total. The average molecular weight is 393 g/mol. The van der Waals surface area contributed by atoms with Crippen LogP contribution in [-0.4, -0.2) is 53.9 Å². The van der Waals surface area contributed by atoms with Gasteiger partial charge in [-0.05, 0) is 55.0 Å². The number of likely N-dealkylation sites (tertiary alicyclic amines) is 1. The van der Waals surface area contributed by atoms with Crippen LogP contribution in [0.2, 0.25) is 0 Å². The molecule has 2 saturated heterocycles. The van der Waals surface area contributed by atoms with Gasteiger partial charge < -0.3 is 15.5 Å². The first-order chi connectivity index (χ1) is 14.2. The summed E-state index contributed by atoms with van der Waals surface area (Å²) in [5, 5.41) is 6.43. The molecule has 2 N–H and O–H groups in total. The molecule has 152 valence electrons. The van der Waals surface area contributed by atoms with Crippen LogP contribution < -0.4 is 10.6 Å². The first kappa shape index (κ1) is 19.6. The smallest absolute Gasteiger partial charge is 0.251 e. The molecule has 0 saturated carbocycles. The number of nitrogens with zero attached hydrogens (tertiary/aromatic N) is 2. The number of pyridine rings is 1. The lowest BCUT2D eigenvalue weighted by Gasteiger charge is -2.40. The Labute approximate surface area is 171 Å². The van der Waals surface area contributed by atoms with E-state index in [-0.39, 0.29) is 11.8 Å². The molecular weight excluding hydrogens is 364 g/mol. The summed E-state index contributed by atoms with van der Waals surface area (Å²) in [5.41, 5.74) is 1.85. The molecule has 6 heteroatoms. The van der Waals surface area contributed by atoms with Gasteiger partial charge >= 0.3 is 0 Å². The number of carbonyl (C=O) groups is 2. The van der Waals surface area contributed by atoms with Crippen molar-refractivity contribution in [3.8, 4) is 0 Å². The maximum absolute atomic E-state index is 13.3. The quantitative estimate of drug-likeness (QED) is 0.817. The summed E-state index contributed by atoms with van der Waals surface area (Å²) in [6.45, 7) is 3.64. The van der Waals surface area contributed by atoms with Gasteiger partial charge in [0.2, 0.25) is 5.91 Å². The lowest BCUT2D eigenvalue weighted by molar-refractivity contribution is -0.135. The molecule has 2 aliphatic rings. The van der Waals surface area contributed by atoms with Crippen LogP contribution in [0.5, 0.6) is 0 Å². The predicted octanol–water partition coefficient (Wildman–Crippen LogP) is 2.02. The van der Waals surface area contributed by atoms with Gasteiger partial charge in [0.05, 0.1) is 0 Å². The normalized spacial score (nSPS) is 19.1. The largest absolute Gasteiger partial charge is 0.341 e. The highest BCUT2D eigenvalue weighted by Gasteiger charge is 2.39. The van der Waals surface area contributed by atoms with Crippen LogP contribution in [-0.2, 0) is 11.2 Å². The fourth-order valence-corrected chi connectivity index (χ4v) is 4.43. The molecule has 4 rings (SSSR count). The molecule has 1 unspecified atom stereocenters. The Balaban J connectivity index is 1.47. The van der Waals surface area contributed by atoms with E-state index >= 15 is 0 Å². The summed E-state index contributed by atoms with van der Waals surface area (Å²) in [4.78, 5) is 32.2. The molecule has 2 amide bonds. The van der Waals surface area contributed by atoms with Crippen molar-refractivity contribution in [1.29, 1.82) is 0 Å². The Hall–Kier alpha value is -2.73. The second kappa shape index (κ2) is 8.74. The van der Waals surface area contributed by atoms with Crippen LogP contribution in [0, 0.1) is 5.41 Å². The second-order valence-electron chi connectivity index (χ2n) is 8.21. The van der Waals surface area contributed by atoms with E-state index in [4.69, 9.17) is 0 Å². The first-order valence-electron chi connectivity index (χ1n) is 10.4. The Morgan fingerprint density at radius 2 is 1.90 bits per heavy atom. The first-order valence-corrected chi connectivity index (χ1v) is 10.4. The lowest BCUT2D eigenvalue weighted by Crippen LogP contribution is -2.53. The maximum atomic E-state index is 13.3. The summed E-state index contributed by atoms with van der Waals surface area (Å²) >= 11 is 0. The van der Waals surface area contributed by atoms with E-state index in [0.717, 1.165) is 44.6 Å². The number of rotatable bonds is 5. The highest BCUT2D eigenvalue weighted by atomic mass is 16.2. The Morgan fingerprint density at radius 3 is 2.55 bits per heavy atom. The molecule has 2 aromatic rings. The number of aromatic nitrogens is 1. The van der Waals surface area contributed by atoms with Crippen molar-refractivity contribution in [3.63, 3.8) is 0 Å². The third kappa shape index (κ3) is 4.65. The van der Waals surface area contributed by atoms with Gasteiger partial charge in [-0.15, -0.1) is 0 Å². The Bertz CT molecular complexity index is 824. The van der Waals surface area contributed by atoms with Crippen molar-refractivity contribution in [2.75, 3.05) is 26.2 Å². The number of benzene rings is 1. The predicted molar refractivity (Wildman–Crippen MR) is 111 cm³/mol. The van der Waals surface area contributed by atoms with Crippen molar-refractivity contribution < 1.29 is 9.59 Å². The monoisotopic (exact) mass is 392 g/mol. The van der Waals surface area contributed by atoms with Crippen LogP contribution in [0.25, 0.3) is 0 Å². The minimum absolute atomic E-state index is 0.000981. The molecule has 2 fully saturated rings. The minimum Gasteiger partial charge on any atom is -0.341 e. The lowest BCUT2D eigenvalue weighted by atomic mass is 9.77. The summed E-state index contributed by atoms with van der Waals surface area (Å²) in [5.74, 6) is -0.222. The number of hydrogen-bond acceptors (Lipinski definition) is 4. The molecule has 1 spiro atoms. The highest BCUT2D eigenvalue weighted by Crippen LogP contribution is 2.37. The SMILES string of the molecule is O=C(NC(Cc1cccnc1)C(=O)N1CCC2(CCNC2)CC1)c1ccccc1.